The summed E-state index contributed by atoms with van der Waals surface area (Å²) in [6.07, 6.45) is 0.153. The van der Waals surface area contributed by atoms with Gasteiger partial charge in [0.2, 0.25) is 0 Å². The summed E-state index contributed by atoms with van der Waals surface area (Å²) in [6.45, 7) is 7.93. The number of nitrogens with one attached hydrogen (secondary N) is 1. The Morgan fingerprint density at radius 3 is 2.38 bits per heavy atom. The maximum absolute atomic E-state index is 6.14. The van der Waals surface area contributed by atoms with Gasteiger partial charge < -0.3 is 20.5 Å². The Labute approximate surface area is 190 Å². The number of nitrogens with two attached hydrogens (primary N) is 1. The predicted molar refractivity (Wildman–Crippen MR) is 129 cm³/mol. The van der Waals surface area contributed by atoms with Gasteiger partial charge in [0, 0.05) is 18.8 Å². The van der Waals surface area contributed by atoms with Crippen molar-refractivity contribution in [3.05, 3.63) is 60.2 Å². The molecule has 1 unspecified atom stereocenters. The van der Waals surface area contributed by atoms with Crippen molar-refractivity contribution in [2.75, 3.05) is 38.2 Å². The molecule has 0 amide bonds. The Hall–Kier alpha value is -1.84. The molecule has 1 fully saturated rings. The van der Waals surface area contributed by atoms with Crippen LogP contribution in [0.15, 0.2) is 59.6 Å². The molecule has 0 aromatic heterocycles. The van der Waals surface area contributed by atoms with E-state index in [0.29, 0.717) is 12.5 Å². The first kappa shape index (κ1) is 23.4. The molecule has 2 aromatic carbocycles. The van der Waals surface area contributed by atoms with E-state index in [-0.39, 0.29) is 36.1 Å². The van der Waals surface area contributed by atoms with Crippen LogP contribution in [-0.2, 0) is 4.74 Å². The zero-order valence-electron chi connectivity index (χ0n) is 17.1. The van der Waals surface area contributed by atoms with Gasteiger partial charge in [-0.1, -0.05) is 30.3 Å². The van der Waals surface area contributed by atoms with Crippen LogP contribution in [0.5, 0.6) is 5.75 Å². The lowest BCUT2D eigenvalue weighted by Gasteiger charge is -2.34. The van der Waals surface area contributed by atoms with Crippen molar-refractivity contribution in [3.8, 4) is 5.75 Å². The number of rotatable bonds is 7. The van der Waals surface area contributed by atoms with Gasteiger partial charge in [-0.25, -0.2) is 0 Å². The molecule has 1 aliphatic heterocycles. The van der Waals surface area contributed by atoms with E-state index in [4.69, 9.17) is 15.2 Å². The third kappa shape index (κ3) is 7.49. The lowest BCUT2D eigenvalue weighted by molar-refractivity contribution is 0.0180. The molecule has 7 heteroatoms. The van der Waals surface area contributed by atoms with E-state index >= 15 is 0 Å². The van der Waals surface area contributed by atoms with Gasteiger partial charge in [-0.2, -0.15) is 0 Å². The second kappa shape index (κ2) is 12.0. The zero-order valence-corrected chi connectivity index (χ0v) is 19.4. The molecule has 29 heavy (non-hydrogen) atoms. The largest absolute Gasteiger partial charge is 0.491 e. The number of benzene rings is 2. The van der Waals surface area contributed by atoms with Crippen LogP contribution in [0.1, 0.15) is 25.5 Å². The average molecular weight is 510 g/mol. The van der Waals surface area contributed by atoms with Crippen LogP contribution in [0.25, 0.3) is 0 Å². The minimum Gasteiger partial charge on any atom is -0.491 e. The van der Waals surface area contributed by atoms with Gasteiger partial charge in [0.1, 0.15) is 5.75 Å². The molecule has 0 saturated carbocycles. The highest BCUT2D eigenvalue weighted by Gasteiger charge is 2.22. The first-order valence-corrected chi connectivity index (χ1v) is 9.82. The van der Waals surface area contributed by atoms with Gasteiger partial charge in [-0.05, 0) is 43.7 Å². The molecule has 6 nitrogen and oxygen atoms in total. The lowest BCUT2D eigenvalue weighted by Crippen LogP contribution is -2.40. The fourth-order valence-corrected chi connectivity index (χ4v) is 3.26. The van der Waals surface area contributed by atoms with Crippen LogP contribution in [0.2, 0.25) is 0 Å². The number of hydrogen-bond donors (Lipinski definition) is 2. The number of anilines is 1. The van der Waals surface area contributed by atoms with E-state index in [2.05, 4.69) is 39.5 Å². The third-order valence-corrected chi connectivity index (χ3v) is 4.60. The molecule has 2 aromatic rings. The van der Waals surface area contributed by atoms with Crippen LogP contribution in [0, 0.1) is 0 Å². The summed E-state index contributed by atoms with van der Waals surface area (Å²) in [7, 11) is 0. The van der Waals surface area contributed by atoms with Crippen LogP contribution < -0.4 is 15.8 Å². The number of morpholine rings is 1. The number of ether oxygens (including phenoxy) is 2. The molecule has 1 aliphatic rings. The third-order valence-electron chi connectivity index (χ3n) is 4.60. The summed E-state index contributed by atoms with van der Waals surface area (Å²) < 4.78 is 11.2. The topological polar surface area (TPSA) is 72.1 Å². The average Bonchev–Trinajstić information content (AvgIpc) is 2.71. The maximum Gasteiger partial charge on any atom is 0.193 e. The van der Waals surface area contributed by atoms with Crippen LogP contribution in [0.4, 0.5) is 5.69 Å². The summed E-state index contributed by atoms with van der Waals surface area (Å²) in [6, 6.07) is 18.4. The molecule has 0 aliphatic carbocycles. The fourth-order valence-electron chi connectivity index (χ4n) is 3.26. The van der Waals surface area contributed by atoms with E-state index < -0.39 is 0 Å². The van der Waals surface area contributed by atoms with Gasteiger partial charge >= 0.3 is 0 Å². The van der Waals surface area contributed by atoms with Gasteiger partial charge in [-0.3, -0.25) is 9.89 Å². The Balaban J connectivity index is 0.00000300. The Kier molecular flexibility index (Phi) is 9.69. The normalized spacial score (nSPS) is 16.2. The first-order valence-electron chi connectivity index (χ1n) is 9.82. The van der Waals surface area contributed by atoms with E-state index in [1.807, 2.05) is 44.2 Å². The molecule has 3 rings (SSSR count). The standard InChI is InChI=1S/C22H30N4O2.HI/c1-17(2)28-20-10-8-19(9-11-20)25-22(23)24-16-21(18-6-4-3-5-7-18)26-12-14-27-15-13-26;/h3-11,17,21H,12-16H2,1-2H3,(H3,23,24,25);1H. The van der Waals surface area contributed by atoms with E-state index in [1.165, 1.54) is 5.56 Å². The van der Waals surface area contributed by atoms with Gasteiger partial charge in [0.25, 0.3) is 0 Å². The Bertz CT molecular complexity index is 747. The monoisotopic (exact) mass is 510 g/mol. The quantitative estimate of drug-likeness (QED) is 0.336. The molecule has 1 atom stereocenters. The smallest absolute Gasteiger partial charge is 0.193 e. The van der Waals surface area contributed by atoms with Crippen molar-refractivity contribution >= 4 is 35.6 Å². The minimum absolute atomic E-state index is 0. The summed E-state index contributed by atoms with van der Waals surface area (Å²) in [5.41, 5.74) is 8.28. The second-order valence-corrected chi connectivity index (χ2v) is 7.12. The second-order valence-electron chi connectivity index (χ2n) is 7.12. The van der Waals surface area contributed by atoms with Crippen LogP contribution in [0.3, 0.4) is 0 Å². The molecular weight excluding hydrogens is 479 g/mol. The summed E-state index contributed by atoms with van der Waals surface area (Å²) in [4.78, 5) is 7.02. The van der Waals surface area contributed by atoms with Gasteiger partial charge in [0.05, 0.1) is 31.9 Å². The zero-order chi connectivity index (χ0) is 19.8. The highest BCUT2D eigenvalue weighted by molar-refractivity contribution is 14.0. The van der Waals surface area contributed by atoms with Crippen molar-refractivity contribution in [2.45, 2.75) is 26.0 Å². The number of nitrogens with zero attached hydrogens (tertiary/aromatic N) is 2. The van der Waals surface area contributed by atoms with Crippen molar-refractivity contribution in [3.63, 3.8) is 0 Å². The molecule has 0 spiro atoms. The summed E-state index contributed by atoms with van der Waals surface area (Å²) >= 11 is 0. The predicted octanol–water partition coefficient (Wildman–Crippen LogP) is 3.89. The SMILES string of the molecule is CC(C)Oc1ccc(NC(N)=NCC(c2ccccc2)N2CCOCC2)cc1.I. The summed E-state index contributed by atoms with van der Waals surface area (Å²) in [5.74, 6) is 1.25. The van der Waals surface area contributed by atoms with Gasteiger partial charge in [-0.15, -0.1) is 24.0 Å². The molecule has 158 valence electrons. The number of halogens is 1. The van der Waals surface area contributed by atoms with Crippen molar-refractivity contribution in [1.29, 1.82) is 0 Å². The van der Waals surface area contributed by atoms with Crippen molar-refractivity contribution in [1.82, 2.24) is 4.90 Å². The number of hydrogen-bond acceptors (Lipinski definition) is 4. The highest BCUT2D eigenvalue weighted by atomic mass is 127. The number of guanidine groups is 1. The molecule has 1 heterocycles. The van der Waals surface area contributed by atoms with E-state index in [0.717, 1.165) is 37.7 Å². The van der Waals surface area contributed by atoms with Crippen LogP contribution in [-0.4, -0.2) is 49.8 Å². The molecular formula is C22H31IN4O2. The Morgan fingerprint density at radius 1 is 1.10 bits per heavy atom. The highest BCUT2D eigenvalue weighted by Crippen LogP contribution is 2.22. The van der Waals surface area contributed by atoms with E-state index in [9.17, 15) is 0 Å². The molecule has 0 radical (unpaired) electrons. The minimum atomic E-state index is 0. The number of aliphatic imine (C=N–C) groups is 1. The lowest BCUT2D eigenvalue weighted by atomic mass is 10.1. The molecule has 3 N–H and O–H groups in total. The first-order chi connectivity index (χ1) is 13.6. The fraction of sp³-hybridized carbons (Fsp3) is 0.409. The van der Waals surface area contributed by atoms with Crippen LogP contribution >= 0.6 is 24.0 Å². The Morgan fingerprint density at radius 2 is 1.76 bits per heavy atom. The van der Waals surface area contributed by atoms with Crippen molar-refractivity contribution < 1.29 is 9.47 Å². The molecule has 1 saturated heterocycles. The summed E-state index contributed by atoms with van der Waals surface area (Å²) in [5, 5.41) is 3.16. The van der Waals surface area contributed by atoms with Gasteiger partial charge in [0.15, 0.2) is 5.96 Å². The molecule has 0 bridgehead atoms. The maximum atomic E-state index is 6.14. The van der Waals surface area contributed by atoms with E-state index in [1.54, 1.807) is 0 Å². The van der Waals surface area contributed by atoms with Crippen molar-refractivity contribution in [2.24, 2.45) is 10.7 Å².